The Bertz CT molecular complexity index is 793. The number of aromatic amines is 1. The van der Waals surface area contributed by atoms with Crippen molar-refractivity contribution in [1.29, 1.82) is 0 Å². The molecule has 1 aliphatic rings. The summed E-state index contributed by atoms with van der Waals surface area (Å²) in [5, 5.41) is 0. The number of aromatic nitrogens is 2. The van der Waals surface area contributed by atoms with Crippen LogP contribution in [0.25, 0.3) is 11.0 Å². The van der Waals surface area contributed by atoms with Crippen LogP contribution < -0.4 is 0 Å². The number of carbonyl (C=O) groups is 3. The molecule has 25 heavy (non-hydrogen) atoms. The third kappa shape index (κ3) is 3.78. The van der Waals surface area contributed by atoms with Gasteiger partial charge in [-0.15, -0.1) is 0 Å². The Hall–Kier alpha value is -2.90. The molecule has 1 aromatic heterocycles. The molecule has 0 spiro atoms. The Morgan fingerprint density at radius 3 is 2.56 bits per heavy atom. The molecule has 2 amide bonds. The number of hydrogen-bond acceptors (Lipinski definition) is 5. The van der Waals surface area contributed by atoms with Crippen molar-refractivity contribution >= 4 is 28.8 Å². The zero-order chi connectivity index (χ0) is 17.8. The van der Waals surface area contributed by atoms with Gasteiger partial charge in [0, 0.05) is 38.2 Å². The Morgan fingerprint density at radius 2 is 1.84 bits per heavy atom. The summed E-state index contributed by atoms with van der Waals surface area (Å²) in [4.78, 5) is 46.4. The van der Waals surface area contributed by atoms with E-state index in [1.165, 1.54) is 7.11 Å². The molecule has 1 aliphatic heterocycles. The van der Waals surface area contributed by atoms with Gasteiger partial charge in [0.25, 0.3) is 5.91 Å². The molecule has 0 aliphatic carbocycles. The van der Waals surface area contributed by atoms with Crippen molar-refractivity contribution < 1.29 is 19.1 Å². The number of piperazine rings is 1. The molecule has 0 saturated carbocycles. The Labute approximate surface area is 144 Å². The van der Waals surface area contributed by atoms with Crippen LogP contribution >= 0.6 is 0 Å². The molecule has 1 N–H and O–H groups in total. The summed E-state index contributed by atoms with van der Waals surface area (Å²) < 4.78 is 4.54. The number of benzene rings is 1. The van der Waals surface area contributed by atoms with Crippen molar-refractivity contribution in [2.45, 2.75) is 12.8 Å². The number of esters is 1. The molecule has 0 radical (unpaired) electrons. The molecule has 1 saturated heterocycles. The van der Waals surface area contributed by atoms with Crippen LogP contribution in [0.4, 0.5) is 0 Å². The van der Waals surface area contributed by atoms with E-state index < -0.39 is 5.97 Å². The lowest BCUT2D eigenvalue weighted by Crippen LogP contribution is -2.50. The first-order valence-corrected chi connectivity index (χ1v) is 8.15. The third-order valence-corrected chi connectivity index (χ3v) is 4.36. The predicted octanol–water partition coefficient (Wildman–Crippen LogP) is 0.800. The summed E-state index contributed by atoms with van der Waals surface area (Å²) in [6.07, 6.45) is 1.81. The van der Waals surface area contributed by atoms with Gasteiger partial charge in [0.15, 0.2) is 0 Å². The van der Waals surface area contributed by atoms with E-state index in [1.807, 2.05) is 6.07 Å². The highest BCUT2D eigenvalue weighted by atomic mass is 16.5. The zero-order valence-corrected chi connectivity index (χ0v) is 14.0. The summed E-state index contributed by atoms with van der Waals surface area (Å²) >= 11 is 0. The maximum absolute atomic E-state index is 12.6. The van der Waals surface area contributed by atoms with Crippen LogP contribution in [0.1, 0.15) is 23.2 Å². The van der Waals surface area contributed by atoms with Crippen molar-refractivity contribution in [2.24, 2.45) is 0 Å². The second-order valence-corrected chi connectivity index (χ2v) is 5.88. The molecule has 1 fully saturated rings. The van der Waals surface area contributed by atoms with Crippen LogP contribution in [0.5, 0.6) is 0 Å². The number of amides is 2. The Morgan fingerprint density at radius 1 is 1.12 bits per heavy atom. The smallest absolute Gasteiger partial charge is 0.306 e. The van der Waals surface area contributed by atoms with Crippen molar-refractivity contribution in [3.05, 3.63) is 30.1 Å². The number of ether oxygens (including phenoxy) is 1. The average molecular weight is 344 g/mol. The molecule has 2 aromatic rings. The third-order valence-electron chi connectivity index (χ3n) is 4.36. The van der Waals surface area contributed by atoms with Gasteiger partial charge in [-0.05, 0) is 18.2 Å². The number of nitrogens with zero attached hydrogens (tertiary/aromatic N) is 3. The minimum atomic E-state index is -0.392. The maximum Gasteiger partial charge on any atom is 0.306 e. The summed E-state index contributed by atoms with van der Waals surface area (Å²) in [7, 11) is 1.30. The van der Waals surface area contributed by atoms with Gasteiger partial charge in [-0.2, -0.15) is 0 Å². The number of hydrogen-bond donors (Lipinski definition) is 1. The van der Waals surface area contributed by atoms with Crippen LogP contribution in [0.3, 0.4) is 0 Å². The number of fused-ring (bicyclic) bond motifs is 1. The Balaban J connectivity index is 1.55. The molecule has 8 nitrogen and oxygen atoms in total. The number of imidazole rings is 1. The maximum atomic E-state index is 12.6. The van der Waals surface area contributed by atoms with Crippen molar-refractivity contribution in [3.8, 4) is 0 Å². The molecule has 0 bridgehead atoms. The van der Waals surface area contributed by atoms with Gasteiger partial charge in [-0.25, -0.2) is 4.98 Å². The fourth-order valence-electron chi connectivity index (χ4n) is 2.88. The van der Waals surface area contributed by atoms with E-state index in [0.29, 0.717) is 31.7 Å². The number of nitrogens with one attached hydrogen (secondary N) is 1. The summed E-state index contributed by atoms with van der Waals surface area (Å²) in [5.41, 5.74) is 2.24. The molecule has 8 heteroatoms. The van der Waals surface area contributed by atoms with Gasteiger partial charge >= 0.3 is 5.97 Å². The Kier molecular flexibility index (Phi) is 4.97. The van der Waals surface area contributed by atoms with Crippen molar-refractivity contribution in [3.63, 3.8) is 0 Å². The first kappa shape index (κ1) is 16.9. The van der Waals surface area contributed by atoms with Crippen molar-refractivity contribution in [1.82, 2.24) is 19.8 Å². The van der Waals surface area contributed by atoms with Gasteiger partial charge in [0.2, 0.25) is 5.91 Å². The summed E-state index contributed by atoms with van der Waals surface area (Å²) in [6.45, 7) is 1.89. The molecular formula is C17H20N4O4. The van der Waals surface area contributed by atoms with Crippen LogP contribution in [0.15, 0.2) is 24.5 Å². The normalized spacial score (nSPS) is 14.6. The van der Waals surface area contributed by atoms with Gasteiger partial charge in [-0.1, -0.05) is 0 Å². The predicted molar refractivity (Wildman–Crippen MR) is 89.8 cm³/mol. The number of H-pyrrole nitrogens is 1. The molecule has 1 aromatic carbocycles. The van der Waals surface area contributed by atoms with E-state index >= 15 is 0 Å². The first-order chi connectivity index (χ1) is 12.1. The van der Waals surface area contributed by atoms with E-state index in [0.717, 1.165) is 11.0 Å². The van der Waals surface area contributed by atoms with Crippen LogP contribution in [0.2, 0.25) is 0 Å². The SMILES string of the molecule is COC(=O)CCC(=O)N1CCN(C(=O)c2ccc3nc[nH]c3c2)CC1. The number of carbonyl (C=O) groups excluding carboxylic acids is 3. The number of rotatable bonds is 4. The molecule has 0 atom stereocenters. The average Bonchev–Trinajstić information content (AvgIpc) is 3.13. The summed E-state index contributed by atoms with van der Waals surface area (Å²) in [5.74, 6) is -0.536. The van der Waals surface area contributed by atoms with Gasteiger partial charge < -0.3 is 19.5 Å². The largest absolute Gasteiger partial charge is 0.469 e. The fourth-order valence-corrected chi connectivity index (χ4v) is 2.88. The van der Waals surface area contributed by atoms with Crippen LogP contribution in [0, 0.1) is 0 Å². The lowest BCUT2D eigenvalue weighted by Gasteiger charge is -2.34. The quantitative estimate of drug-likeness (QED) is 0.828. The van der Waals surface area contributed by atoms with Gasteiger partial charge in [-0.3, -0.25) is 14.4 Å². The van der Waals surface area contributed by atoms with Crippen molar-refractivity contribution in [2.75, 3.05) is 33.3 Å². The first-order valence-electron chi connectivity index (χ1n) is 8.15. The van der Waals surface area contributed by atoms with E-state index in [9.17, 15) is 14.4 Å². The minimum Gasteiger partial charge on any atom is -0.469 e. The second kappa shape index (κ2) is 7.33. The molecule has 132 valence electrons. The van der Waals surface area contributed by atoms with E-state index in [1.54, 1.807) is 28.3 Å². The van der Waals surface area contributed by atoms with E-state index in [-0.39, 0.29) is 24.7 Å². The molecule has 0 unspecified atom stereocenters. The molecule has 3 rings (SSSR count). The monoisotopic (exact) mass is 344 g/mol. The highest BCUT2D eigenvalue weighted by Gasteiger charge is 2.25. The molecule has 2 heterocycles. The van der Waals surface area contributed by atoms with Crippen LogP contribution in [-0.2, 0) is 14.3 Å². The topological polar surface area (TPSA) is 95.6 Å². The van der Waals surface area contributed by atoms with Gasteiger partial charge in [0.1, 0.15) is 0 Å². The van der Waals surface area contributed by atoms with Gasteiger partial charge in [0.05, 0.1) is 30.9 Å². The lowest BCUT2D eigenvalue weighted by molar-refractivity contribution is -0.143. The number of methoxy groups -OCH3 is 1. The fraction of sp³-hybridized carbons (Fsp3) is 0.412. The standard InChI is InChI=1S/C17H20N4O4/c1-25-16(23)5-4-15(22)20-6-8-21(9-7-20)17(24)12-2-3-13-14(10-12)19-11-18-13/h2-3,10-11H,4-9H2,1H3,(H,18,19). The zero-order valence-electron chi connectivity index (χ0n) is 14.0. The minimum absolute atomic E-state index is 0.0573. The summed E-state index contributed by atoms with van der Waals surface area (Å²) in [6, 6.07) is 5.36. The highest BCUT2D eigenvalue weighted by Crippen LogP contribution is 2.15. The van der Waals surface area contributed by atoms with E-state index in [4.69, 9.17) is 0 Å². The van der Waals surface area contributed by atoms with Crippen LogP contribution in [-0.4, -0.2) is 70.8 Å². The second-order valence-electron chi connectivity index (χ2n) is 5.88. The highest BCUT2D eigenvalue weighted by molar-refractivity contribution is 5.97. The molecular weight excluding hydrogens is 324 g/mol. The van der Waals surface area contributed by atoms with E-state index in [2.05, 4.69) is 14.7 Å². The lowest BCUT2D eigenvalue weighted by atomic mass is 10.1.